The van der Waals surface area contributed by atoms with Crippen molar-refractivity contribution in [3.63, 3.8) is 0 Å². The van der Waals surface area contributed by atoms with Crippen molar-refractivity contribution in [2.75, 3.05) is 0 Å². The number of rotatable bonds is 7. The Balaban J connectivity index is 1.86. The molecule has 8 heteroatoms. The van der Waals surface area contributed by atoms with E-state index in [0.29, 0.717) is 11.1 Å². The van der Waals surface area contributed by atoms with Gasteiger partial charge in [-0.25, -0.2) is 0 Å². The lowest BCUT2D eigenvalue weighted by molar-refractivity contribution is -0.384. The van der Waals surface area contributed by atoms with Gasteiger partial charge in [-0.2, -0.15) is 4.98 Å². The Bertz CT molecular complexity index is 1010. The van der Waals surface area contributed by atoms with Crippen molar-refractivity contribution in [2.24, 2.45) is 5.92 Å². The zero-order valence-electron chi connectivity index (χ0n) is 16.5. The Labute approximate surface area is 168 Å². The molecule has 0 spiro atoms. The van der Waals surface area contributed by atoms with Crippen molar-refractivity contribution in [1.29, 1.82) is 0 Å². The summed E-state index contributed by atoms with van der Waals surface area (Å²) < 4.78 is 5.41. The van der Waals surface area contributed by atoms with Gasteiger partial charge in [0.2, 0.25) is 11.7 Å². The number of carbonyl (C=O) groups excluding carboxylic acids is 1. The monoisotopic (exact) mass is 394 g/mol. The summed E-state index contributed by atoms with van der Waals surface area (Å²) in [5.41, 5.74) is 2.03. The number of hydrogen-bond acceptors (Lipinski definition) is 6. The Kier molecular flexibility index (Phi) is 6.01. The number of hydrogen-bond donors (Lipinski definition) is 1. The van der Waals surface area contributed by atoms with Gasteiger partial charge in [0.05, 0.1) is 4.92 Å². The molecule has 2 aromatic carbocycles. The molecule has 0 aliphatic rings. The molecule has 29 heavy (non-hydrogen) atoms. The first-order valence-corrected chi connectivity index (χ1v) is 9.35. The van der Waals surface area contributed by atoms with Crippen molar-refractivity contribution in [3.8, 4) is 11.4 Å². The minimum Gasteiger partial charge on any atom is -0.340 e. The lowest BCUT2D eigenvalue weighted by Crippen LogP contribution is -2.32. The molecular weight excluding hydrogens is 372 g/mol. The van der Waals surface area contributed by atoms with Crippen molar-refractivity contribution in [2.45, 2.75) is 33.2 Å². The van der Waals surface area contributed by atoms with Crippen LogP contribution in [0.15, 0.2) is 53.1 Å². The van der Waals surface area contributed by atoms with Crippen molar-refractivity contribution < 1.29 is 14.2 Å². The summed E-state index contributed by atoms with van der Waals surface area (Å²) in [6, 6.07) is 12.8. The van der Waals surface area contributed by atoms with Crippen molar-refractivity contribution in [1.82, 2.24) is 15.5 Å². The van der Waals surface area contributed by atoms with Gasteiger partial charge in [0, 0.05) is 23.3 Å². The number of benzene rings is 2. The molecule has 2 atom stereocenters. The van der Waals surface area contributed by atoms with Crippen LogP contribution in [0.4, 0.5) is 5.69 Å². The summed E-state index contributed by atoms with van der Waals surface area (Å²) in [7, 11) is 0. The van der Waals surface area contributed by atoms with Gasteiger partial charge in [0.25, 0.3) is 11.6 Å². The molecule has 0 bridgehead atoms. The van der Waals surface area contributed by atoms with E-state index in [4.69, 9.17) is 4.52 Å². The van der Waals surface area contributed by atoms with E-state index in [2.05, 4.69) is 15.5 Å². The van der Waals surface area contributed by atoms with Gasteiger partial charge >= 0.3 is 0 Å². The molecule has 0 aliphatic carbocycles. The van der Waals surface area contributed by atoms with Gasteiger partial charge in [-0.1, -0.05) is 55.3 Å². The van der Waals surface area contributed by atoms with Crippen LogP contribution in [0.2, 0.25) is 0 Å². The van der Waals surface area contributed by atoms with Gasteiger partial charge in [-0.05, 0) is 25.0 Å². The number of nitrogens with one attached hydrogen (secondary N) is 1. The van der Waals surface area contributed by atoms with Crippen LogP contribution < -0.4 is 5.32 Å². The molecule has 0 unspecified atom stereocenters. The molecule has 1 aromatic heterocycles. The maximum Gasteiger partial charge on any atom is 0.270 e. The molecule has 3 rings (SSSR count). The molecular formula is C21H22N4O4. The second-order valence-electron chi connectivity index (χ2n) is 6.97. The number of nitrogens with zero attached hydrogens (tertiary/aromatic N) is 3. The Morgan fingerprint density at radius 1 is 1.24 bits per heavy atom. The van der Waals surface area contributed by atoms with E-state index in [9.17, 15) is 14.9 Å². The third-order valence-electron chi connectivity index (χ3n) is 4.84. The van der Waals surface area contributed by atoms with E-state index >= 15 is 0 Å². The summed E-state index contributed by atoms with van der Waals surface area (Å²) in [5, 5.41) is 17.9. The fourth-order valence-electron chi connectivity index (χ4n) is 2.85. The molecule has 0 aliphatic heterocycles. The van der Waals surface area contributed by atoms with Crippen LogP contribution in [0, 0.1) is 23.0 Å². The maximum atomic E-state index is 12.7. The topological polar surface area (TPSA) is 111 Å². The summed E-state index contributed by atoms with van der Waals surface area (Å²) in [6.45, 7) is 5.95. The number of non-ortho nitro benzene ring substituents is 1. The van der Waals surface area contributed by atoms with E-state index < -0.39 is 11.0 Å². The zero-order valence-corrected chi connectivity index (χ0v) is 16.5. The highest BCUT2D eigenvalue weighted by atomic mass is 16.6. The molecule has 3 aromatic rings. The molecule has 150 valence electrons. The quantitative estimate of drug-likeness (QED) is 0.467. The van der Waals surface area contributed by atoms with Gasteiger partial charge in [-0.15, -0.1) is 0 Å². The largest absolute Gasteiger partial charge is 0.340 e. The van der Waals surface area contributed by atoms with E-state index in [1.165, 1.54) is 12.1 Å². The molecule has 0 saturated heterocycles. The fraction of sp³-hybridized carbons (Fsp3) is 0.286. The van der Waals surface area contributed by atoms with Crippen LogP contribution in [0.25, 0.3) is 11.4 Å². The highest BCUT2D eigenvalue weighted by Crippen LogP contribution is 2.27. The SMILES string of the molecule is CC[C@H](C)[C@@H](NC(=O)c1ccc(C)cc1)c1nc(-c2cccc([N+](=O)[O-])c2)no1. The number of aryl methyl sites for hydroxylation is 1. The van der Waals surface area contributed by atoms with E-state index in [0.717, 1.165) is 12.0 Å². The Hall–Kier alpha value is -3.55. The van der Waals surface area contributed by atoms with Crippen LogP contribution in [0.3, 0.4) is 0 Å². The standard InChI is InChI=1S/C21H22N4O4/c1-4-14(3)18(22-20(26)15-10-8-13(2)9-11-15)21-23-19(24-29-21)16-6-5-7-17(12-16)25(27)28/h5-12,14,18H,4H2,1-3H3,(H,22,26)/t14-,18+/m0/s1. The number of nitro benzene ring substituents is 1. The maximum absolute atomic E-state index is 12.7. The molecule has 1 heterocycles. The minimum absolute atomic E-state index is 0.0443. The first kappa shape index (κ1) is 20.2. The number of carbonyl (C=O) groups is 1. The Morgan fingerprint density at radius 3 is 2.62 bits per heavy atom. The number of nitro groups is 1. The summed E-state index contributed by atoms with van der Waals surface area (Å²) in [6.07, 6.45) is 0.785. The second kappa shape index (κ2) is 8.64. The third kappa shape index (κ3) is 4.66. The van der Waals surface area contributed by atoms with Crippen molar-refractivity contribution in [3.05, 3.63) is 75.7 Å². The highest BCUT2D eigenvalue weighted by Gasteiger charge is 2.27. The number of aromatic nitrogens is 2. The lowest BCUT2D eigenvalue weighted by Gasteiger charge is -2.20. The highest BCUT2D eigenvalue weighted by molar-refractivity contribution is 5.94. The second-order valence-corrected chi connectivity index (χ2v) is 6.97. The molecule has 0 saturated carbocycles. The molecule has 1 N–H and O–H groups in total. The average Bonchev–Trinajstić information content (AvgIpc) is 3.21. The first-order valence-electron chi connectivity index (χ1n) is 9.35. The zero-order chi connectivity index (χ0) is 21.0. The smallest absolute Gasteiger partial charge is 0.270 e. The van der Waals surface area contributed by atoms with Gasteiger partial charge < -0.3 is 9.84 Å². The normalized spacial score (nSPS) is 12.9. The Morgan fingerprint density at radius 2 is 1.97 bits per heavy atom. The van der Waals surface area contributed by atoms with E-state index in [1.54, 1.807) is 24.3 Å². The predicted octanol–water partition coefficient (Wildman–Crippen LogP) is 4.47. The minimum atomic E-state index is -0.478. The van der Waals surface area contributed by atoms with E-state index in [1.807, 2.05) is 32.9 Å². The molecule has 8 nitrogen and oxygen atoms in total. The van der Waals surface area contributed by atoms with E-state index in [-0.39, 0.29) is 29.2 Å². The van der Waals surface area contributed by atoms with Crippen LogP contribution in [-0.2, 0) is 0 Å². The summed E-state index contributed by atoms with van der Waals surface area (Å²) >= 11 is 0. The van der Waals surface area contributed by atoms with Crippen LogP contribution in [-0.4, -0.2) is 21.0 Å². The predicted molar refractivity (Wildman–Crippen MR) is 107 cm³/mol. The van der Waals surface area contributed by atoms with Gasteiger partial charge in [0.1, 0.15) is 6.04 Å². The van der Waals surface area contributed by atoms with Gasteiger partial charge in [-0.3, -0.25) is 14.9 Å². The molecule has 0 radical (unpaired) electrons. The first-order chi connectivity index (χ1) is 13.9. The fourth-order valence-corrected chi connectivity index (χ4v) is 2.85. The lowest BCUT2D eigenvalue weighted by atomic mass is 9.98. The number of amides is 1. The van der Waals surface area contributed by atoms with Crippen LogP contribution in [0.1, 0.15) is 48.1 Å². The molecule has 0 fully saturated rings. The summed E-state index contributed by atoms with van der Waals surface area (Å²) in [5.74, 6) is 0.316. The average molecular weight is 394 g/mol. The van der Waals surface area contributed by atoms with Crippen LogP contribution >= 0.6 is 0 Å². The third-order valence-corrected chi connectivity index (χ3v) is 4.84. The molecule has 1 amide bonds. The van der Waals surface area contributed by atoms with Crippen molar-refractivity contribution >= 4 is 11.6 Å². The van der Waals surface area contributed by atoms with Crippen LogP contribution in [0.5, 0.6) is 0 Å². The summed E-state index contributed by atoms with van der Waals surface area (Å²) in [4.78, 5) is 27.6. The van der Waals surface area contributed by atoms with Gasteiger partial charge in [0.15, 0.2) is 0 Å².